The number of carbonyl (C=O) groups excluding carboxylic acids is 2. The maximum absolute atomic E-state index is 13.6. The first-order valence-electron chi connectivity index (χ1n) is 13.9. The van der Waals surface area contributed by atoms with Crippen LogP contribution in [0.1, 0.15) is 30.0 Å². The van der Waals surface area contributed by atoms with Crippen molar-refractivity contribution in [2.24, 2.45) is 0 Å². The van der Waals surface area contributed by atoms with E-state index in [1.807, 2.05) is 47.4 Å². The maximum Gasteiger partial charge on any atom is 0.326 e. The van der Waals surface area contributed by atoms with Gasteiger partial charge in [0, 0.05) is 68.6 Å². The number of nitrogens with zero attached hydrogens (tertiary/aromatic N) is 8. The third-order valence-corrected chi connectivity index (χ3v) is 8.14. The number of likely N-dealkylation sites (N-methyl/N-ethyl adjacent to an activating group) is 1. The highest BCUT2D eigenvalue weighted by atomic mass is 16.2. The van der Waals surface area contributed by atoms with Gasteiger partial charge >= 0.3 is 6.03 Å². The highest BCUT2D eigenvalue weighted by molar-refractivity contribution is 5.97. The fourth-order valence-electron chi connectivity index (χ4n) is 5.88. The number of aromatic nitrogens is 2. The molecule has 0 spiro atoms. The van der Waals surface area contributed by atoms with Crippen LogP contribution >= 0.6 is 0 Å². The molecule has 3 amide bonds. The molecule has 4 heterocycles. The van der Waals surface area contributed by atoms with E-state index >= 15 is 0 Å². The fourth-order valence-corrected chi connectivity index (χ4v) is 5.88. The van der Waals surface area contributed by atoms with Gasteiger partial charge in [0.25, 0.3) is 0 Å². The van der Waals surface area contributed by atoms with Crippen molar-refractivity contribution in [3.8, 4) is 6.07 Å². The Hall–Kier alpha value is -4.69. The van der Waals surface area contributed by atoms with Gasteiger partial charge in [-0.1, -0.05) is 18.2 Å². The zero-order chi connectivity index (χ0) is 28.5. The molecule has 1 atom stereocenters. The molecule has 210 valence electrons. The van der Waals surface area contributed by atoms with E-state index < -0.39 is 0 Å². The third kappa shape index (κ3) is 5.14. The van der Waals surface area contributed by atoms with Crippen LogP contribution in [0, 0.1) is 11.3 Å². The minimum absolute atomic E-state index is 0.157. The van der Waals surface area contributed by atoms with E-state index in [1.54, 1.807) is 23.0 Å². The van der Waals surface area contributed by atoms with Gasteiger partial charge in [-0.05, 0) is 49.4 Å². The van der Waals surface area contributed by atoms with Crippen LogP contribution in [0.3, 0.4) is 0 Å². The Morgan fingerprint density at radius 3 is 2.56 bits per heavy atom. The van der Waals surface area contributed by atoms with Gasteiger partial charge in [0.1, 0.15) is 12.2 Å². The predicted octanol–water partition coefficient (Wildman–Crippen LogP) is 3.74. The molecule has 0 radical (unpaired) electrons. The summed E-state index contributed by atoms with van der Waals surface area (Å²) in [6.45, 7) is 4.94. The van der Waals surface area contributed by atoms with Gasteiger partial charge in [0.05, 0.1) is 18.7 Å². The number of urea groups is 1. The van der Waals surface area contributed by atoms with Crippen LogP contribution in [0.25, 0.3) is 0 Å². The van der Waals surface area contributed by atoms with Crippen molar-refractivity contribution in [2.45, 2.75) is 25.4 Å². The molecule has 1 N–H and O–H groups in total. The Labute approximate surface area is 239 Å². The lowest BCUT2D eigenvalue weighted by Crippen LogP contribution is -2.49. The van der Waals surface area contributed by atoms with Gasteiger partial charge in [0.15, 0.2) is 0 Å². The summed E-state index contributed by atoms with van der Waals surface area (Å²) in [6, 6.07) is 17.5. The molecule has 11 heteroatoms. The number of hydrogen-bond acceptors (Lipinski definition) is 8. The number of fused-ring (bicyclic) bond motifs is 2. The standard InChI is InChI=1S/C30H33N9O2/c1-35-15-17-37(18-16-35)23-9-7-22(8-10-23)33-29-32-19-21-20-39(30(41)36(2)28(21)34-29)26-12-14-38(27(40)11-13-31)25-6-4-3-5-24(25)26/h3-10,19,26H,11-12,14-18,20H2,1-2H3,(H,32,33,34)/t26-/m0/s1. The molecule has 6 rings (SSSR count). The van der Waals surface area contributed by atoms with Gasteiger partial charge in [-0.2, -0.15) is 10.2 Å². The summed E-state index contributed by atoms with van der Waals surface area (Å²) in [4.78, 5) is 45.2. The molecule has 0 saturated carbocycles. The second kappa shape index (κ2) is 11.1. The maximum atomic E-state index is 13.6. The lowest BCUT2D eigenvalue weighted by Gasteiger charge is -2.43. The number of hydrogen-bond donors (Lipinski definition) is 1. The molecule has 3 aliphatic heterocycles. The van der Waals surface area contributed by atoms with Crippen LogP contribution in [0.2, 0.25) is 0 Å². The number of benzene rings is 2. The number of carbonyl (C=O) groups is 2. The molecular weight excluding hydrogens is 518 g/mol. The van der Waals surface area contributed by atoms with Gasteiger partial charge < -0.3 is 24.9 Å². The number of piperazine rings is 1. The van der Waals surface area contributed by atoms with Crippen LogP contribution < -0.4 is 20.0 Å². The average molecular weight is 552 g/mol. The van der Waals surface area contributed by atoms with E-state index in [1.165, 1.54) is 5.69 Å². The normalized spacial score (nSPS) is 19.0. The summed E-state index contributed by atoms with van der Waals surface area (Å²) in [5.74, 6) is 0.778. The number of para-hydroxylation sites is 1. The monoisotopic (exact) mass is 551 g/mol. The Kier molecular flexibility index (Phi) is 7.15. The molecule has 1 saturated heterocycles. The second-order valence-corrected chi connectivity index (χ2v) is 10.7. The quantitative estimate of drug-likeness (QED) is 0.511. The second-order valence-electron chi connectivity index (χ2n) is 10.7. The van der Waals surface area contributed by atoms with Crippen LogP contribution in [0.4, 0.5) is 33.6 Å². The number of anilines is 5. The Balaban J connectivity index is 1.19. The summed E-state index contributed by atoms with van der Waals surface area (Å²) in [7, 11) is 3.88. The lowest BCUT2D eigenvalue weighted by molar-refractivity contribution is -0.117. The van der Waals surface area contributed by atoms with Crippen molar-refractivity contribution in [3.05, 3.63) is 65.9 Å². The minimum Gasteiger partial charge on any atom is -0.369 e. The summed E-state index contributed by atoms with van der Waals surface area (Å²) >= 11 is 0. The van der Waals surface area contributed by atoms with E-state index in [0.29, 0.717) is 31.3 Å². The van der Waals surface area contributed by atoms with Crippen molar-refractivity contribution >= 4 is 40.8 Å². The summed E-state index contributed by atoms with van der Waals surface area (Å²) in [5, 5.41) is 12.3. The zero-order valence-electron chi connectivity index (χ0n) is 23.3. The van der Waals surface area contributed by atoms with Crippen molar-refractivity contribution < 1.29 is 9.59 Å². The number of amides is 3. The molecule has 2 aromatic carbocycles. The summed E-state index contributed by atoms with van der Waals surface area (Å²) in [6.07, 6.45) is 2.18. The van der Waals surface area contributed by atoms with Crippen LogP contribution in [0.5, 0.6) is 0 Å². The zero-order valence-corrected chi connectivity index (χ0v) is 23.3. The van der Waals surface area contributed by atoms with Crippen molar-refractivity contribution in [1.82, 2.24) is 19.8 Å². The lowest BCUT2D eigenvalue weighted by atomic mass is 9.94. The van der Waals surface area contributed by atoms with Crippen LogP contribution in [-0.4, -0.2) is 78.5 Å². The third-order valence-electron chi connectivity index (χ3n) is 8.14. The smallest absolute Gasteiger partial charge is 0.326 e. The molecule has 0 unspecified atom stereocenters. The molecule has 3 aromatic rings. The van der Waals surface area contributed by atoms with Gasteiger partial charge in [-0.25, -0.2) is 9.78 Å². The molecule has 0 bridgehead atoms. The number of nitriles is 1. The molecule has 11 nitrogen and oxygen atoms in total. The van der Waals surface area contributed by atoms with Crippen molar-refractivity contribution in [2.75, 3.05) is 66.8 Å². The molecule has 41 heavy (non-hydrogen) atoms. The highest BCUT2D eigenvalue weighted by Crippen LogP contribution is 2.41. The summed E-state index contributed by atoms with van der Waals surface area (Å²) in [5.41, 5.74) is 4.57. The fraction of sp³-hybridized carbons (Fsp3) is 0.367. The van der Waals surface area contributed by atoms with E-state index in [-0.39, 0.29) is 24.4 Å². The molecule has 1 aromatic heterocycles. The topological polar surface area (TPSA) is 112 Å². The summed E-state index contributed by atoms with van der Waals surface area (Å²) < 4.78 is 0. The first kappa shape index (κ1) is 26.5. The molecular formula is C30H33N9O2. The predicted molar refractivity (Wildman–Crippen MR) is 157 cm³/mol. The largest absolute Gasteiger partial charge is 0.369 e. The number of rotatable bonds is 5. The Morgan fingerprint density at radius 2 is 1.80 bits per heavy atom. The van der Waals surface area contributed by atoms with Crippen molar-refractivity contribution in [1.29, 1.82) is 5.26 Å². The number of nitrogens with one attached hydrogen (secondary N) is 1. The molecule has 3 aliphatic rings. The minimum atomic E-state index is -0.228. The van der Waals surface area contributed by atoms with Crippen LogP contribution in [-0.2, 0) is 11.3 Å². The van der Waals surface area contributed by atoms with Crippen molar-refractivity contribution in [3.63, 3.8) is 0 Å². The SMILES string of the molecule is CN1CCN(c2ccc(Nc3ncc4c(n3)N(C)C(=O)N([C@H]3CCN(C(=O)CC#N)c5ccccc53)C4)cc2)CC1. The Morgan fingerprint density at radius 1 is 1.05 bits per heavy atom. The van der Waals surface area contributed by atoms with Gasteiger partial charge in [-0.15, -0.1) is 0 Å². The van der Waals surface area contributed by atoms with Crippen LogP contribution in [0.15, 0.2) is 54.7 Å². The average Bonchev–Trinajstić information content (AvgIpc) is 3.00. The molecule has 0 aliphatic carbocycles. The molecule has 1 fully saturated rings. The first-order chi connectivity index (χ1) is 19.9. The van der Waals surface area contributed by atoms with E-state index in [0.717, 1.165) is 48.7 Å². The van der Waals surface area contributed by atoms with E-state index in [2.05, 4.69) is 39.3 Å². The Bertz CT molecular complexity index is 1490. The first-order valence-corrected chi connectivity index (χ1v) is 13.9. The van der Waals surface area contributed by atoms with E-state index in [4.69, 9.17) is 10.2 Å². The van der Waals surface area contributed by atoms with E-state index in [9.17, 15) is 9.59 Å². The van der Waals surface area contributed by atoms with Gasteiger partial charge in [-0.3, -0.25) is 9.69 Å². The highest BCUT2D eigenvalue weighted by Gasteiger charge is 2.38. The van der Waals surface area contributed by atoms with Gasteiger partial charge in [0.2, 0.25) is 11.9 Å².